The number of para-hydroxylation sites is 1. The summed E-state index contributed by atoms with van der Waals surface area (Å²) in [5, 5.41) is 9.42. The first-order valence-corrected chi connectivity index (χ1v) is 8.27. The van der Waals surface area contributed by atoms with Crippen LogP contribution in [0, 0.1) is 18.3 Å². The fourth-order valence-electron chi connectivity index (χ4n) is 2.70. The first-order valence-electron chi connectivity index (χ1n) is 8.27. The lowest BCUT2D eigenvalue weighted by molar-refractivity contribution is -0.134. The van der Waals surface area contributed by atoms with Crippen LogP contribution in [0.3, 0.4) is 0 Å². The van der Waals surface area contributed by atoms with Crippen molar-refractivity contribution in [3.63, 3.8) is 0 Å². The van der Waals surface area contributed by atoms with Crippen LogP contribution < -0.4 is 15.0 Å². The number of nitrogens with zero attached hydrogens (tertiary/aromatic N) is 3. The molecule has 0 aliphatic carbocycles. The molecule has 0 saturated heterocycles. The molecule has 0 amide bonds. The van der Waals surface area contributed by atoms with Gasteiger partial charge in [-0.15, -0.1) is 0 Å². The average molecular weight is 363 g/mol. The van der Waals surface area contributed by atoms with E-state index in [-0.39, 0.29) is 24.3 Å². The SMILES string of the molecule is COc1cc(C#N)ccc1OC(=O)CCn1cnc2c(C)cccc2c1=O. The Hall–Kier alpha value is -3.66. The van der Waals surface area contributed by atoms with E-state index in [1.165, 1.54) is 36.2 Å². The van der Waals surface area contributed by atoms with Gasteiger partial charge in [0.1, 0.15) is 0 Å². The second kappa shape index (κ2) is 7.70. The molecule has 27 heavy (non-hydrogen) atoms. The molecule has 0 fully saturated rings. The number of carbonyl (C=O) groups excluding carboxylic acids is 1. The first kappa shape index (κ1) is 18.1. The van der Waals surface area contributed by atoms with Crippen molar-refractivity contribution in [3.8, 4) is 17.6 Å². The molecule has 7 heteroatoms. The second-order valence-electron chi connectivity index (χ2n) is 5.92. The number of nitriles is 1. The van der Waals surface area contributed by atoms with Crippen LogP contribution >= 0.6 is 0 Å². The molecular formula is C20H17N3O4. The largest absolute Gasteiger partial charge is 0.493 e. The summed E-state index contributed by atoms with van der Waals surface area (Å²) in [7, 11) is 1.43. The lowest BCUT2D eigenvalue weighted by Crippen LogP contribution is -2.23. The number of fused-ring (bicyclic) bond motifs is 1. The van der Waals surface area contributed by atoms with E-state index in [0.717, 1.165) is 5.56 Å². The van der Waals surface area contributed by atoms with Crippen molar-refractivity contribution >= 4 is 16.9 Å². The fraction of sp³-hybridized carbons (Fsp3) is 0.200. The van der Waals surface area contributed by atoms with E-state index >= 15 is 0 Å². The summed E-state index contributed by atoms with van der Waals surface area (Å²) in [6, 6.07) is 11.9. The number of aromatic nitrogens is 2. The van der Waals surface area contributed by atoms with Gasteiger partial charge in [-0.2, -0.15) is 5.26 Å². The summed E-state index contributed by atoms with van der Waals surface area (Å²) in [5.41, 5.74) is 1.77. The molecule has 0 aliphatic rings. The number of esters is 1. The predicted octanol–water partition coefficient (Wildman–Crippen LogP) is 2.58. The van der Waals surface area contributed by atoms with Crippen LogP contribution in [0.2, 0.25) is 0 Å². The van der Waals surface area contributed by atoms with E-state index in [1.807, 2.05) is 19.1 Å². The van der Waals surface area contributed by atoms with Gasteiger partial charge in [-0.05, 0) is 30.7 Å². The number of ether oxygens (including phenoxy) is 2. The minimum Gasteiger partial charge on any atom is -0.493 e. The molecule has 1 heterocycles. The molecule has 2 aromatic carbocycles. The van der Waals surface area contributed by atoms with Gasteiger partial charge in [-0.1, -0.05) is 12.1 Å². The number of carbonyl (C=O) groups is 1. The van der Waals surface area contributed by atoms with Crippen molar-refractivity contribution in [3.05, 3.63) is 64.2 Å². The fourth-order valence-corrected chi connectivity index (χ4v) is 2.70. The minimum atomic E-state index is -0.519. The molecule has 0 atom stereocenters. The van der Waals surface area contributed by atoms with Crippen molar-refractivity contribution in [2.75, 3.05) is 7.11 Å². The Morgan fingerprint density at radius 3 is 2.81 bits per heavy atom. The lowest BCUT2D eigenvalue weighted by atomic mass is 10.1. The molecular weight excluding hydrogens is 346 g/mol. The van der Waals surface area contributed by atoms with Crippen LogP contribution in [0.15, 0.2) is 47.5 Å². The van der Waals surface area contributed by atoms with Crippen LogP contribution in [0.4, 0.5) is 0 Å². The first-order chi connectivity index (χ1) is 13.0. The highest BCUT2D eigenvalue weighted by molar-refractivity contribution is 5.80. The number of hydrogen-bond acceptors (Lipinski definition) is 6. The standard InChI is InChI=1S/C20H17N3O4/c1-13-4-3-5-15-19(13)22-12-23(20(15)25)9-8-18(24)27-16-7-6-14(11-21)10-17(16)26-2/h3-7,10,12H,8-9H2,1-2H3. The molecule has 136 valence electrons. The van der Waals surface area contributed by atoms with Gasteiger partial charge in [-0.3, -0.25) is 14.2 Å². The Kier molecular flexibility index (Phi) is 5.18. The van der Waals surface area contributed by atoms with Crippen LogP contribution in [-0.2, 0) is 11.3 Å². The second-order valence-corrected chi connectivity index (χ2v) is 5.92. The van der Waals surface area contributed by atoms with Crippen LogP contribution in [0.25, 0.3) is 10.9 Å². The van der Waals surface area contributed by atoms with E-state index in [2.05, 4.69) is 4.98 Å². The Bertz CT molecular complexity index is 1110. The number of rotatable bonds is 5. The van der Waals surface area contributed by atoms with Gasteiger partial charge < -0.3 is 9.47 Å². The van der Waals surface area contributed by atoms with Gasteiger partial charge in [0.25, 0.3) is 5.56 Å². The van der Waals surface area contributed by atoms with Gasteiger partial charge >= 0.3 is 5.97 Å². The maximum absolute atomic E-state index is 12.5. The molecule has 0 unspecified atom stereocenters. The summed E-state index contributed by atoms with van der Waals surface area (Å²) < 4.78 is 11.8. The van der Waals surface area contributed by atoms with E-state index in [9.17, 15) is 9.59 Å². The minimum absolute atomic E-state index is 0.0118. The number of hydrogen-bond donors (Lipinski definition) is 0. The Morgan fingerprint density at radius 2 is 2.07 bits per heavy atom. The zero-order valence-electron chi connectivity index (χ0n) is 14.9. The van der Waals surface area contributed by atoms with Gasteiger partial charge in [0.05, 0.1) is 42.4 Å². The molecule has 0 radical (unpaired) electrons. The lowest BCUT2D eigenvalue weighted by Gasteiger charge is -2.10. The van der Waals surface area contributed by atoms with Crippen molar-refractivity contribution < 1.29 is 14.3 Å². The molecule has 0 saturated carbocycles. The van der Waals surface area contributed by atoms with Crippen molar-refractivity contribution in [1.82, 2.24) is 9.55 Å². The molecule has 0 spiro atoms. The Morgan fingerprint density at radius 1 is 1.26 bits per heavy atom. The highest BCUT2D eigenvalue weighted by Gasteiger charge is 2.12. The quantitative estimate of drug-likeness (QED) is 0.511. The molecule has 0 aliphatic heterocycles. The average Bonchev–Trinajstić information content (AvgIpc) is 2.68. The third-order valence-corrected chi connectivity index (χ3v) is 4.13. The predicted molar refractivity (Wildman–Crippen MR) is 98.7 cm³/mol. The molecule has 7 nitrogen and oxygen atoms in total. The van der Waals surface area contributed by atoms with E-state index < -0.39 is 5.97 Å². The zero-order chi connectivity index (χ0) is 19.4. The molecule has 0 bridgehead atoms. The summed E-state index contributed by atoms with van der Waals surface area (Å²) in [6.07, 6.45) is 1.43. The topological polar surface area (TPSA) is 94.2 Å². The summed E-state index contributed by atoms with van der Waals surface area (Å²) in [6.45, 7) is 2.04. The van der Waals surface area contributed by atoms with E-state index in [4.69, 9.17) is 14.7 Å². The highest BCUT2D eigenvalue weighted by Crippen LogP contribution is 2.28. The zero-order valence-corrected chi connectivity index (χ0v) is 14.9. The van der Waals surface area contributed by atoms with Gasteiger partial charge in [-0.25, -0.2) is 4.98 Å². The number of benzene rings is 2. The Balaban J connectivity index is 1.73. The van der Waals surface area contributed by atoms with Gasteiger partial charge in [0.15, 0.2) is 11.5 Å². The summed E-state index contributed by atoms with van der Waals surface area (Å²) in [4.78, 5) is 29.0. The maximum Gasteiger partial charge on any atom is 0.313 e. The van der Waals surface area contributed by atoms with Crippen molar-refractivity contribution in [1.29, 1.82) is 5.26 Å². The monoisotopic (exact) mass is 363 g/mol. The van der Waals surface area contributed by atoms with Crippen LogP contribution in [0.1, 0.15) is 17.5 Å². The van der Waals surface area contributed by atoms with Crippen LogP contribution in [-0.4, -0.2) is 22.6 Å². The van der Waals surface area contributed by atoms with Gasteiger partial charge in [0, 0.05) is 12.6 Å². The maximum atomic E-state index is 12.5. The third-order valence-electron chi connectivity index (χ3n) is 4.13. The third kappa shape index (κ3) is 3.80. The van der Waals surface area contributed by atoms with Crippen LogP contribution in [0.5, 0.6) is 11.5 Å². The van der Waals surface area contributed by atoms with Crippen molar-refractivity contribution in [2.24, 2.45) is 0 Å². The smallest absolute Gasteiger partial charge is 0.313 e. The highest BCUT2D eigenvalue weighted by atomic mass is 16.6. The number of aryl methyl sites for hydroxylation is 2. The molecule has 0 N–H and O–H groups in total. The summed E-state index contributed by atoms with van der Waals surface area (Å²) in [5.74, 6) is -0.00207. The molecule has 3 rings (SSSR count). The molecule has 1 aromatic heterocycles. The van der Waals surface area contributed by atoms with Crippen molar-refractivity contribution in [2.45, 2.75) is 19.9 Å². The summed E-state index contributed by atoms with van der Waals surface area (Å²) >= 11 is 0. The Labute approximate surface area is 155 Å². The molecule has 3 aromatic rings. The van der Waals surface area contributed by atoms with E-state index in [0.29, 0.717) is 22.2 Å². The van der Waals surface area contributed by atoms with E-state index in [1.54, 1.807) is 12.1 Å². The normalized spacial score (nSPS) is 10.4. The number of methoxy groups -OCH3 is 1. The van der Waals surface area contributed by atoms with Gasteiger partial charge in [0.2, 0.25) is 0 Å².